The fourth-order valence-electron chi connectivity index (χ4n) is 2.85. The van der Waals surface area contributed by atoms with Crippen LogP contribution in [0.1, 0.15) is 58.3 Å². The highest BCUT2D eigenvalue weighted by molar-refractivity contribution is 7.58. The van der Waals surface area contributed by atoms with Crippen molar-refractivity contribution >= 4 is 19.4 Å². The van der Waals surface area contributed by atoms with Gasteiger partial charge in [0, 0.05) is 25.2 Å². The summed E-state index contributed by atoms with van der Waals surface area (Å²) in [6, 6.07) is 0. The molecule has 2 atom stereocenters. The van der Waals surface area contributed by atoms with Crippen molar-refractivity contribution < 1.29 is 32.9 Å². The first kappa shape index (κ1) is 21.9. The Morgan fingerprint density at radius 1 is 1.28 bits per heavy atom. The number of ether oxygens (including phenoxy) is 2. The van der Waals surface area contributed by atoms with Crippen molar-refractivity contribution in [1.29, 1.82) is 0 Å². The van der Waals surface area contributed by atoms with Crippen LogP contribution in [-0.4, -0.2) is 42.4 Å². The van der Waals surface area contributed by atoms with Crippen molar-refractivity contribution in [3.63, 3.8) is 0 Å². The van der Waals surface area contributed by atoms with E-state index >= 15 is 0 Å². The van der Waals surface area contributed by atoms with Crippen molar-refractivity contribution in [2.24, 2.45) is 5.92 Å². The fraction of sp³-hybridized carbons (Fsp3) is 0.875. The molecule has 25 heavy (non-hydrogen) atoms. The maximum absolute atomic E-state index is 13.7. The van der Waals surface area contributed by atoms with Crippen molar-refractivity contribution in [2.75, 3.05) is 19.1 Å². The molecule has 0 aromatic heterocycles. The molecule has 0 saturated heterocycles. The van der Waals surface area contributed by atoms with Crippen LogP contribution in [0.25, 0.3) is 0 Å². The molecule has 9 heteroatoms. The van der Waals surface area contributed by atoms with Crippen molar-refractivity contribution in [1.82, 2.24) is 5.32 Å². The summed E-state index contributed by atoms with van der Waals surface area (Å²) in [4.78, 5) is 32.4. The van der Waals surface area contributed by atoms with E-state index in [2.05, 4.69) is 9.47 Å². The number of alkyl carbamates (subject to hydrolysis) is 1. The molecule has 1 aliphatic rings. The molecule has 0 aromatic rings. The number of alkyl halides is 1. The van der Waals surface area contributed by atoms with Crippen LogP contribution in [0.4, 0.5) is 9.18 Å². The topological polar surface area (TPSA) is 102 Å². The summed E-state index contributed by atoms with van der Waals surface area (Å²) in [7, 11) is -3.40. The minimum Gasteiger partial charge on any atom is -0.428 e. The minimum absolute atomic E-state index is 0.184. The third-order valence-corrected chi connectivity index (χ3v) is 6.18. The van der Waals surface area contributed by atoms with Gasteiger partial charge in [0.25, 0.3) is 0 Å². The maximum atomic E-state index is 13.7. The lowest BCUT2D eigenvalue weighted by molar-refractivity contribution is -0.151. The number of nitrogens with one attached hydrogen (secondary N) is 1. The zero-order valence-electron chi connectivity index (χ0n) is 14.7. The Labute approximate surface area is 148 Å². The third kappa shape index (κ3) is 10.4. The molecule has 1 amide bonds. The zero-order valence-corrected chi connectivity index (χ0v) is 15.6. The monoisotopic (exact) mass is 381 g/mol. The highest BCUT2D eigenvalue weighted by Gasteiger charge is 2.27. The molecule has 1 fully saturated rings. The summed E-state index contributed by atoms with van der Waals surface area (Å²) in [6.45, 7) is 1.22. The molecule has 1 rings (SSSR count). The second kappa shape index (κ2) is 11.5. The highest BCUT2D eigenvalue weighted by atomic mass is 31.2. The summed E-state index contributed by atoms with van der Waals surface area (Å²) in [5, 5.41) is 1.91. The predicted molar refractivity (Wildman–Crippen MR) is 91.1 cm³/mol. The Balaban J connectivity index is 2.19. The molecule has 0 radical (unpaired) electrons. The van der Waals surface area contributed by atoms with Crippen LogP contribution >= 0.6 is 7.37 Å². The summed E-state index contributed by atoms with van der Waals surface area (Å²) in [6.07, 6.45) is 2.96. The van der Waals surface area contributed by atoms with Gasteiger partial charge in [0.05, 0.1) is 0 Å². The fourth-order valence-corrected chi connectivity index (χ4v) is 4.83. The summed E-state index contributed by atoms with van der Waals surface area (Å²) >= 11 is 0. The van der Waals surface area contributed by atoms with Crippen molar-refractivity contribution in [2.45, 2.75) is 64.6 Å². The molecule has 0 spiro atoms. The first-order valence-corrected chi connectivity index (χ1v) is 10.9. The van der Waals surface area contributed by atoms with Crippen LogP contribution in [-0.2, 0) is 18.8 Å². The number of carbonyl (C=O) groups is 2. The van der Waals surface area contributed by atoms with E-state index in [1.165, 1.54) is 6.42 Å². The smallest absolute Gasteiger partial charge is 0.412 e. The van der Waals surface area contributed by atoms with Crippen LogP contribution in [0.2, 0.25) is 0 Å². The average Bonchev–Trinajstić information content (AvgIpc) is 2.54. The predicted octanol–water partition coefficient (Wildman–Crippen LogP) is 3.55. The molecule has 0 aliphatic heterocycles. The number of esters is 1. The number of amides is 1. The van der Waals surface area contributed by atoms with E-state index in [0.717, 1.165) is 25.7 Å². The molecule has 7 nitrogen and oxygen atoms in total. The number of halogens is 1. The Kier molecular flexibility index (Phi) is 10.0. The Morgan fingerprint density at radius 3 is 2.60 bits per heavy atom. The third-order valence-electron chi connectivity index (χ3n) is 4.14. The number of carbonyl (C=O) groups excluding carboxylic acids is 2. The quantitative estimate of drug-likeness (QED) is 0.260. The van der Waals surface area contributed by atoms with E-state index in [4.69, 9.17) is 0 Å². The summed E-state index contributed by atoms with van der Waals surface area (Å²) in [5.74, 6) is -0.269. The summed E-state index contributed by atoms with van der Waals surface area (Å²) in [5.41, 5.74) is 0. The Hall–Kier alpha value is -1.14. The van der Waals surface area contributed by atoms with Crippen LogP contribution < -0.4 is 5.32 Å². The first-order chi connectivity index (χ1) is 11.8. The number of rotatable bonds is 10. The van der Waals surface area contributed by atoms with Crippen LogP contribution in [0.15, 0.2) is 0 Å². The van der Waals surface area contributed by atoms with Gasteiger partial charge in [-0.2, -0.15) is 0 Å². The largest absolute Gasteiger partial charge is 0.428 e. The van der Waals surface area contributed by atoms with Crippen molar-refractivity contribution in [3.8, 4) is 0 Å². The van der Waals surface area contributed by atoms with Crippen LogP contribution in [0.3, 0.4) is 0 Å². The second-order valence-corrected chi connectivity index (χ2v) is 8.98. The van der Waals surface area contributed by atoms with E-state index in [1.54, 1.807) is 6.92 Å². The zero-order chi connectivity index (χ0) is 18.7. The van der Waals surface area contributed by atoms with Gasteiger partial charge in [-0.3, -0.25) is 14.7 Å². The molecule has 0 aromatic carbocycles. The Bertz CT molecular complexity index is 470. The minimum atomic E-state index is -3.40. The van der Waals surface area contributed by atoms with E-state index < -0.39 is 32.5 Å². The Morgan fingerprint density at radius 2 is 1.96 bits per heavy atom. The molecular formula is C16H29FNO6P. The lowest BCUT2D eigenvalue weighted by atomic mass is 9.91. The lowest BCUT2D eigenvalue weighted by Crippen LogP contribution is -2.33. The maximum Gasteiger partial charge on any atom is 0.412 e. The molecule has 0 bridgehead atoms. The molecule has 2 N–H and O–H groups in total. The van der Waals surface area contributed by atoms with Gasteiger partial charge in [0.2, 0.25) is 14.2 Å². The molecule has 0 heterocycles. The number of hydrogen-bond donors (Lipinski definition) is 2. The average molecular weight is 381 g/mol. The highest BCUT2D eigenvalue weighted by Crippen LogP contribution is 2.46. The second-order valence-electron chi connectivity index (χ2n) is 6.47. The molecule has 146 valence electrons. The van der Waals surface area contributed by atoms with Gasteiger partial charge in [-0.15, -0.1) is 0 Å². The van der Waals surface area contributed by atoms with Crippen LogP contribution in [0, 0.1) is 5.92 Å². The van der Waals surface area contributed by atoms with E-state index in [9.17, 15) is 23.4 Å². The van der Waals surface area contributed by atoms with Gasteiger partial charge in [-0.1, -0.05) is 26.2 Å². The normalized spacial score (nSPS) is 18.8. The van der Waals surface area contributed by atoms with E-state index in [-0.39, 0.29) is 31.1 Å². The van der Waals surface area contributed by atoms with Gasteiger partial charge in [-0.25, -0.2) is 9.18 Å². The van der Waals surface area contributed by atoms with Gasteiger partial charge in [0.15, 0.2) is 6.30 Å². The van der Waals surface area contributed by atoms with Gasteiger partial charge < -0.3 is 14.4 Å². The first-order valence-electron chi connectivity index (χ1n) is 8.86. The SMILES string of the molecule is CCCC(=O)OCOC(=O)NC(F)CCP(=O)(O)CC1CCCCC1. The van der Waals surface area contributed by atoms with E-state index in [0.29, 0.717) is 6.42 Å². The van der Waals surface area contributed by atoms with Gasteiger partial charge in [0.1, 0.15) is 0 Å². The van der Waals surface area contributed by atoms with Gasteiger partial charge in [-0.05, 0) is 25.2 Å². The molecular weight excluding hydrogens is 352 g/mol. The van der Waals surface area contributed by atoms with Crippen LogP contribution in [0.5, 0.6) is 0 Å². The van der Waals surface area contributed by atoms with E-state index in [1.807, 2.05) is 5.32 Å². The summed E-state index contributed by atoms with van der Waals surface area (Å²) < 4.78 is 35.0. The van der Waals surface area contributed by atoms with Gasteiger partial charge >= 0.3 is 12.1 Å². The molecule has 1 saturated carbocycles. The molecule has 2 unspecified atom stereocenters. The lowest BCUT2D eigenvalue weighted by Gasteiger charge is -2.24. The van der Waals surface area contributed by atoms with Crippen molar-refractivity contribution in [3.05, 3.63) is 0 Å². The molecule has 1 aliphatic carbocycles. The standard InChI is InChI=1S/C16H29FNO6P/c1-2-6-15(19)23-12-24-16(20)18-14(17)9-10-25(21,22)11-13-7-4-3-5-8-13/h13-14H,2-12H2,1H3,(H,18,20)(H,21,22). The number of hydrogen-bond acceptors (Lipinski definition) is 5.